The van der Waals surface area contributed by atoms with Gasteiger partial charge in [-0.2, -0.15) is 0 Å². The largest absolute Gasteiger partial charge is 0.491 e. The van der Waals surface area contributed by atoms with Crippen molar-refractivity contribution in [2.45, 2.75) is 31.3 Å². The first kappa shape index (κ1) is 14.5. The molecule has 0 unspecified atom stereocenters. The zero-order valence-corrected chi connectivity index (χ0v) is 12.4. The van der Waals surface area contributed by atoms with Gasteiger partial charge in [-0.05, 0) is 44.5 Å². The molecule has 0 fully saturated rings. The van der Waals surface area contributed by atoms with Crippen molar-refractivity contribution in [3.05, 3.63) is 24.3 Å². The van der Waals surface area contributed by atoms with Crippen molar-refractivity contribution in [1.82, 2.24) is 0 Å². The van der Waals surface area contributed by atoms with Gasteiger partial charge in [-0.25, -0.2) is 8.42 Å². The summed E-state index contributed by atoms with van der Waals surface area (Å²) in [7, 11) is -3.15. The molecule has 1 aromatic carbocycles. The number of rotatable bonds is 6. The molecular weight excluding hydrogens is 304 g/mol. The van der Waals surface area contributed by atoms with Crippen LogP contribution < -0.4 is 4.74 Å². The van der Waals surface area contributed by atoms with Gasteiger partial charge in [0.25, 0.3) is 0 Å². The molecule has 0 atom stereocenters. The van der Waals surface area contributed by atoms with Gasteiger partial charge in [-0.3, -0.25) is 0 Å². The number of alkyl halides is 1. The minimum atomic E-state index is -3.15. The van der Waals surface area contributed by atoms with E-state index in [0.29, 0.717) is 22.4 Å². The Morgan fingerprint density at radius 1 is 1.24 bits per heavy atom. The van der Waals surface area contributed by atoms with Crippen molar-refractivity contribution >= 4 is 25.8 Å². The Hall–Kier alpha value is -0.550. The Labute approximate surface area is 111 Å². The van der Waals surface area contributed by atoms with Crippen molar-refractivity contribution in [3.63, 3.8) is 0 Å². The van der Waals surface area contributed by atoms with E-state index in [1.54, 1.807) is 24.3 Å². The summed E-state index contributed by atoms with van der Waals surface area (Å²) in [6.45, 7) is 3.86. The van der Waals surface area contributed by atoms with E-state index in [-0.39, 0.29) is 11.9 Å². The van der Waals surface area contributed by atoms with Gasteiger partial charge in [0.2, 0.25) is 0 Å². The molecule has 0 aliphatic heterocycles. The van der Waals surface area contributed by atoms with Crippen LogP contribution in [0.5, 0.6) is 5.75 Å². The summed E-state index contributed by atoms with van der Waals surface area (Å²) >= 11 is 3.23. The summed E-state index contributed by atoms with van der Waals surface area (Å²) < 4.78 is 29.2. The number of ether oxygens (including phenoxy) is 1. The summed E-state index contributed by atoms with van der Waals surface area (Å²) in [5.41, 5.74) is 0. The maximum absolute atomic E-state index is 11.9. The Morgan fingerprint density at radius 2 is 1.82 bits per heavy atom. The minimum absolute atomic E-state index is 0.0888. The summed E-state index contributed by atoms with van der Waals surface area (Å²) in [4.78, 5) is 0.356. The van der Waals surface area contributed by atoms with Gasteiger partial charge in [-0.1, -0.05) is 15.9 Å². The molecule has 0 N–H and O–H groups in total. The molecular formula is C12H17BrO3S. The molecule has 0 amide bonds. The molecule has 0 bridgehead atoms. The second-order valence-corrected chi connectivity index (χ2v) is 6.90. The van der Waals surface area contributed by atoms with Crippen molar-refractivity contribution in [3.8, 4) is 5.75 Å². The van der Waals surface area contributed by atoms with Crippen LogP contribution in [0.25, 0.3) is 0 Å². The Balaban J connectivity index is 2.80. The molecule has 0 spiro atoms. The molecule has 0 aliphatic carbocycles. The number of halogens is 1. The third-order valence-electron chi connectivity index (χ3n) is 2.10. The van der Waals surface area contributed by atoms with Crippen LogP contribution in [0.1, 0.15) is 20.3 Å². The summed E-state index contributed by atoms with van der Waals surface area (Å²) in [6.07, 6.45) is 0.706. The maximum atomic E-state index is 11.9. The smallest absolute Gasteiger partial charge is 0.178 e. The topological polar surface area (TPSA) is 43.4 Å². The summed E-state index contributed by atoms with van der Waals surface area (Å²) in [5, 5.41) is 0.695. The fraction of sp³-hybridized carbons (Fsp3) is 0.500. The molecule has 0 aliphatic rings. The lowest BCUT2D eigenvalue weighted by Crippen LogP contribution is -2.08. The lowest BCUT2D eigenvalue weighted by Gasteiger charge is -2.10. The molecule has 96 valence electrons. The molecule has 0 heterocycles. The van der Waals surface area contributed by atoms with Gasteiger partial charge >= 0.3 is 0 Å². The Bertz CT molecular complexity index is 437. The summed E-state index contributed by atoms with van der Waals surface area (Å²) in [5.74, 6) is 0.863. The molecule has 0 aromatic heterocycles. The van der Waals surface area contributed by atoms with Crippen LogP contribution in [-0.2, 0) is 9.84 Å². The van der Waals surface area contributed by atoms with E-state index in [1.807, 2.05) is 13.8 Å². The lowest BCUT2D eigenvalue weighted by atomic mass is 10.3. The van der Waals surface area contributed by atoms with Crippen LogP contribution in [0, 0.1) is 0 Å². The highest BCUT2D eigenvalue weighted by Gasteiger charge is 2.13. The first-order chi connectivity index (χ1) is 7.95. The highest BCUT2D eigenvalue weighted by molar-refractivity contribution is 9.09. The molecule has 5 heteroatoms. The predicted octanol–water partition coefficient (Wildman–Crippen LogP) is 3.03. The van der Waals surface area contributed by atoms with Crippen LogP contribution in [0.3, 0.4) is 0 Å². The third-order valence-corrected chi connectivity index (χ3v) is 4.48. The van der Waals surface area contributed by atoms with E-state index in [0.717, 1.165) is 0 Å². The molecule has 0 radical (unpaired) electrons. The van der Waals surface area contributed by atoms with E-state index in [9.17, 15) is 8.42 Å². The highest BCUT2D eigenvalue weighted by Crippen LogP contribution is 2.18. The first-order valence-electron chi connectivity index (χ1n) is 5.51. The van der Waals surface area contributed by atoms with Gasteiger partial charge in [0.1, 0.15) is 5.75 Å². The predicted molar refractivity (Wildman–Crippen MR) is 72.7 cm³/mol. The average Bonchev–Trinajstić information content (AvgIpc) is 2.26. The quantitative estimate of drug-likeness (QED) is 0.757. The van der Waals surface area contributed by atoms with Crippen LogP contribution in [0.4, 0.5) is 0 Å². The molecule has 17 heavy (non-hydrogen) atoms. The van der Waals surface area contributed by atoms with Gasteiger partial charge in [-0.15, -0.1) is 0 Å². The van der Waals surface area contributed by atoms with E-state index < -0.39 is 9.84 Å². The number of hydrogen-bond donors (Lipinski definition) is 0. The monoisotopic (exact) mass is 320 g/mol. The highest BCUT2D eigenvalue weighted by atomic mass is 79.9. The molecule has 0 saturated heterocycles. The first-order valence-corrected chi connectivity index (χ1v) is 8.28. The Morgan fingerprint density at radius 3 is 2.29 bits per heavy atom. The fourth-order valence-electron chi connectivity index (χ4n) is 1.36. The third kappa shape index (κ3) is 4.68. The zero-order valence-electron chi connectivity index (χ0n) is 10.0. The number of hydrogen-bond acceptors (Lipinski definition) is 3. The van der Waals surface area contributed by atoms with Crippen LogP contribution in [0.2, 0.25) is 0 Å². The van der Waals surface area contributed by atoms with Crippen LogP contribution in [0.15, 0.2) is 29.2 Å². The van der Waals surface area contributed by atoms with Crippen molar-refractivity contribution in [1.29, 1.82) is 0 Å². The zero-order chi connectivity index (χ0) is 12.9. The number of benzene rings is 1. The standard InChI is InChI=1S/C12H17BrO3S/c1-10(2)16-11-4-6-12(7-5-11)17(14,15)9-3-8-13/h4-7,10H,3,8-9H2,1-2H3. The van der Waals surface area contributed by atoms with Crippen molar-refractivity contribution in [2.75, 3.05) is 11.1 Å². The van der Waals surface area contributed by atoms with E-state index in [2.05, 4.69) is 15.9 Å². The van der Waals surface area contributed by atoms with E-state index in [1.165, 1.54) is 0 Å². The second kappa shape index (κ2) is 6.40. The number of sulfone groups is 1. The fourth-order valence-corrected chi connectivity index (χ4v) is 3.32. The summed E-state index contributed by atoms with van der Waals surface area (Å²) in [6, 6.07) is 6.59. The van der Waals surface area contributed by atoms with E-state index >= 15 is 0 Å². The molecule has 3 nitrogen and oxygen atoms in total. The van der Waals surface area contributed by atoms with Crippen molar-refractivity contribution < 1.29 is 13.2 Å². The van der Waals surface area contributed by atoms with E-state index in [4.69, 9.17) is 4.74 Å². The second-order valence-electron chi connectivity index (χ2n) is 4.00. The van der Waals surface area contributed by atoms with Crippen LogP contribution in [-0.4, -0.2) is 25.6 Å². The molecule has 0 saturated carbocycles. The van der Waals surface area contributed by atoms with Gasteiger partial charge in [0.05, 0.1) is 16.8 Å². The van der Waals surface area contributed by atoms with Gasteiger partial charge < -0.3 is 4.74 Å². The van der Waals surface area contributed by atoms with Gasteiger partial charge in [0, 0.05) is 5.33 Å². The average molecular weight is 321 g/mol. The maximum Gasteiger partial charge on any atom is 0.178 e. The van der Waals surface area contributed by atoms with Gasteiger partial charge in [0.15, 0.2) is 9.84 Å². The van der Waals surface area contributed by atoms with Crippen LogP contribution >= 0.6 is 15.9 Å². The Kier molecular flexibility index (Phi) is 5.46. The van der Waals surface area contributed by atoms with Crippen molar-refractivity contribution in [2.24, 2.45) is 0 Å². The minimum Gasteiger partial charge on any atom is -0.491 e. The molecule has 1 aromatic rings. The lowest BCUT2D eigenvalue weighted by molar-refractivity contribution is 0.242. The normalized spacial score (nSPS) is 11.8. The SMILES string of the molecule is CC(C)Oc1ccc(S(=O)(=O)CCCBr)cc1. The molecule has 1 rings (SSSR count).